The monoisotopic (exact) mass is 292 g/mol. The van der Waals surface area contributed by atoms with Gasteiger partial charge in [0.2, 0.25) is 0 Å². The molecule has 0 aliphatic rings. The SMILES string of the molecule is CC(C)c1ccccc1NC(=O)N[C@H](C(=O)O)C(C)(C)C. The predicted molar refractivity (Wildman–Crippen MR) is 83.6 cm³/mol. The van der Waals surface area contributed by atoms with Gasteiger partial charge in [-0.15, -0.1) is 0 Å². The number of benzene rings is 1. The molecule has 1 aromatic carbocycles. The van der Waals surface area contributed by atoms with Crippen molar-refractivity contribution in [1.29, 1.82) is 0 Å². The van der Waals surface area contributed by atoms with Crippen molar-refractivity contribution in [2.24, 2.45) is 5.41 Å². The van der Waals surface area contributed by atoms with E-state index in [0.717, 1.165) is 5.56 Å². The van der Waals surface area contributed by atoms with Crippen LogP contribution in [0.25, 0.3) is 0 Å². The Labute approximate surface area is 125 Å². The zero-order chi connectivity index (χ0) is 16.2. The van der Waals surface area contributed by atoms with Crippen molar-refractivity contribution in [2.75, 3.05) is 5.32 Å². The van der Waals surface area contributed by atoms with Crippen LogP contribution in [0.5, 0.6) is 0 Å². The van der Waals surface area contributed by atoms with Gasteiger partial charge < -0.3 is 15.7 Å². The van der Waals surface area contributed by atoms with E-state index in [-0.39, 0.29) is 5.92 Å². The van der Waals surface area contributed by atoms with Gasteiger partial charge in [-0.1, -0.05) is 52.8 Å². The van der Waals surface area contributed by atoms with Gasteiger partial charge >= 0.3 is 12.0 Å². The van der Waals surface area contributed by atoms with Gasteiger partial charge in [-0.2, -0.15) is 0 Å². The average Bonchev–Trinajstić information content (AvgIpc) is 2.34. The molecule has 1 rings (SSSR count). The second kappa shape index (κ2) is 6.61. The van der Waals surface area contributed by atoms with Crippen LogP contribution in [0.1, 0.15) is 46.1 Å². The maximum Gasteiger partial charge on any atom is 0.326 e. The van der Waals surface area contributed by atoms with Crippen molar-refractivity contribution in [1.82, 2.24) is 5.32 Å². The van der Waals surface area contributed by atoms with Crippen LogP contribution in [0, 0.1) is 5.41 Å². The normalized spacial score (nSPS) is 12.9. The number of hydrogen-bond acceptors (Lipinski definition) is 2. The number of anilines is 1. The number of carboxylic acid groups (broad SMARTS) is 1. The van der Waals surface area contributed by atoms with Gasteiger partial charge in [0.05, 0.1) is 0 Å². The van der Waals surface area contributed by atoms with Crippen LogP contribution >= 0.6 is 0 Å². The zero-order valence-electron chi connectivity index (χ0n) is 13.2. The van der Waals surface area contributed by atoms with E-state index in [9.17, 15) is 14.7 Å². The smallest absolute Gasteiger partial charge is 0.326 e. The van der Waals surface area contributed by atoms with Crippen LogP contribution in [-0.2, 0) is 4.79 Å². The van der Waals surface area contributed by atoms with Crippen LogP contribution in [0.3, 0.4) is 0 Å². The molecule has 5 heteroatoms. The lowest BCUT2D eigenvalue weighted by atomic mass is 9.87. The van der Waals surface area contributed by atoms with E-state index < -0.39 is 23.5 Å². The number of hydrogen-bond donors (Lipinski definition) is 3. The summed E-state index contributed by atoms with van der Waals surface area (Å²) in [7, 11) is 0. The summed E-state index contributed by atoms with van der Waals surface area (Å²) in [6, 6.07) is 6.03. The number of carboxylic acids is 1. The number of amides is 2. The molecule has 0 fully saturated rings. The standard InChI is InChI=1S/C16H24N2O3/c1-10(2)11-8-6-7-9-12(11)17-15(21)18-13(14(19)20)16(3,4)5/h6-10,13H,1-5H3,(H,19,20)(H2,17,18,21)/t13-/m1/s1. The molecule has 0 radical (unpaired) electrons. The lowest BCUT2D eigenvalue weighted by Crippen LogP contribution is -2.50. The number of rotatable bonds is 4. The summed E-state index contributed by atoms with van der Waals surface area (Å²) >= 11 is 0. The Hall–Kier alpha value is -2.04. The first-order valence-electron chi connectivity index (χ1n) is 7.02. The number of aliphatic carboxylic acids is 1. The van der Waals surface area contributed by atoms with Crippen molar-refractivity contribution in [3.05, 3.63) is 29.8 Å². The first-order chi connectivity index (χ1) is 9.62. The lowest BCUT2D eigenvalue weighted by molar-refractivity contribution is -0.141. The van der Waals surface area contributed by atoms with Crippen molar-refractivity contribution < 1.29 is 14.7 Å². The van der Waals surface area contributed by atoms with Crippen LogP contribution in [0.4, 0.5) is 10.5 Å². The lowest BCUT2D eigenvalue weighted by Gasteiger charge is -2.28. The van der Waals surface area contributed by atoms with E-state index in [2.05, 4.69) is 10.6 Å². The molecule has 0 spiro atoms. The highest BCUT2D eigenvalue weighted by Gasteiger charge is 2.32. The van der Waals surface area contributed by atoms with Crippen molar-refractivity contribution in [2.45, 2.75) is 46.6 Å². The van der Waals surface area contributed by atoms with E-state index in [0.29, 0.717) is 5.69 Å². The zero-order valence-corrected chi connectivity index (χ0v) is 13.2. The average molecular weight is 292 g/mol. The molecule has 3 N–H and O–H groups in total. The molecule has 1 aromatic rings. The maximum absolute atomic E-state index is 12.1. The van der Waals surface area contributed by atoms with Gasteiger partial charge in [-0.05, 0) is 23.0 Å². The molecule has 5 nitrogen and oxygen atoms in total. The number of nitrogens with one attached hydrogen (secondary N) is 2. The number of para-hydroxylation sites is 1. The number of urea groups is 1. The maximum atomic E-state index is 12.1. The molecule has 0 aliphatic carbocycles. The fourth-order valence-electron chi connectivity index (χ4n) is 2.05. The van der Waals surface area contributed by atoms with Crippen LogP contribution in [0.2, 0.25) is 0 Å². The molecular weight excluding hydrogens is 268 g/mol. The Morgan fingerprint density at radius 3 is 2.19 bits per heavy atom. The summed E-state index contributed by atoms with van der Waals surface area (Å²) in [5.41, 5.74) is 1.14. The van der Waals surface area contributed by atoms with E-state index in [1.54, 1.807) is 20.8 Å². The molecule has 21 heavy (non-hydrogen) atoms. The molecular formula is C16H24N2O3. The van der Waals surface area contributed by atoms with Crippen LogP contribution in [-0.4, -0.2) is 23.1 Å². The van der Waals surface area contributed by atoms with Gasteiger partial charge in [0.1, 0.15) is 6.04 Å². The highest BCUT2D eigenvalue weighted by molar-refractivity contribution is 5.93. The van der Waals surface area contributed by atoms with E-state index in [1.807, 2.05) is 38.1 Å². The Morgan fingerprint density at radius 2 is 1.71 bits per heavy atom. The highest BCUT2D eigenvalue weighted by atomic mass is 16.4. The largest absolute Gasteiger partial charge is 0.480 e. The Kier molecular flexibility index (Phi) is 5.35. The van der Waals surface area contributed by atoms with Crippen molar-refractivity contribution in [3.63, 3.8) is 0 Å². The minimum absolute atomic E-state index is 0.263. The third-order valence-electron chi connectivity index (χ3n) is 3.22. The summed E-state index contributed by atoms with van der Waals surface area (Å²) in [6.45, 7) is 9.39. The molecule has 0 bridgehead atoms. The minimum Gasteiger partial charge on any atom is -0.480 e. The fourth-order valence-corrected chi connectivity index (χ4v) is 2.05. The molecule has 0 aromatic heterocycles. The van der Waals surface area contributed by atoms with Crippen molar-refractivity contribution >= 4 is 17.7 Å². The second-order valence-electron chi connectivity index (χ2n) is 6.48. The van der Waals surface area contributed by atoms with Crippen LogP contribution < -0.4 is 10.6 Å². The predicted octanol–water partition coefficient (Wildman–Crippen LogP) is 3.43. The Morgan fingerprint density at radius 1 is 1.14 bits per heavy atom. The third kappa shape index (κ3) is 4.77. The van der Waals surface area contributed by atoms with E-state index >= 15 is 0 Å². The van der Waals surface area contributed by atoms with Gasteiger partial charge in [0.15, 0.2) is 0 Å². The topological polar surface area (TPSA) is 78.4 Å². The summed E-state index contributed by atoms with van der Waals surface area (Å²) in [4.78, 5) is 23.3. The first-order valence-corrected chi connectivity index (χ1v) is 7.02. The third-order valence-corrected chi connectivity index (χ3v) is 3.22. The number of carbonyl (C=O) groups is 2. The second-order valence-corrected chi connectivity index (χ2v) is 6.48. The fraction of sp³-hybridized carbons (Fsp3) is 0.500. The quantitative estimate of drug-likeness (QED) is 0.795. The highest BCUT2D eigenvalue weighted by Crippen LogP contribution is 2.24. The summed E-state index contributed by atoms with van der Waals surface area (Å²) in [5, 5.41) is 14.5. The summed E-state index contributed by atoms with van der Waals surface area (Å²) in [5.74, 6) is -0.783. The molecule has 0 saturated carbocycles. The molecule has 0 saturated heterocycles. The number of carbonyl (C=O) groups excluding carboxylic acids is 1. The molecule has 0 unspecified atom stereocenters. The summed E-state index contributed by atoms with van der Waals surface area (Å²) < 4.78 is 0. The Balaban J connectivity index is 2.85. The van der Waals surface area contributed by atoms with Gasteiger partial charge in [0, 0.05) is 5.69 Å². The van der Waals surface area contributed by atoms with Gasteiger partial charge in [-0.25, -0.2) is 9.59 Å². The van der Waals surface area contributed by atoms with E-state index in [4.69, 9.17) is 0 Å². The van der Waals surface area contributed by atoms with Crippen LogP contribution in [0.15, 0.2) is 24.3 Å². The van der Waals surface area contributed by atoms with Gasteiger partial charge in [0.25, 0.3) is 0 Å². The molecule has 0 aliphatic heterocycles. The Bertz CT molecular complexity index is 518. The van der Waals surface area contributed by atoms with Gasteiger partial charge in [-0.3, -0.25) is 0 Å². The van der Waals surface area contributed by atoms with E-state index in [1.165, 1.54) is 0 Å². The van der Waals surface area contributed by atoms with Crippen molar-refractivity contribution in [3.8, 4) is 0 Å². The minimum atomic E-state index is -1.05. The molecule has 0 heterocycles. The molecule has 116 valence electrons. The molecule has 1 atom stereocenters. The summed E-state index contributed by atoms with van der Waals surface area (Å²) in [6.07, 6.45) is 0. The first kappa shape index (κ1) is 17.0. The molecule has 2 amide bonds.